The lowest BCUT2D eigenvalue weighted by molar-refractivity contribution is -0.142. The summed E-state index contributed by atoms with van der Waals surface area (Å²) in [5.74, 6) is 0.892. The third-order valence-corrected chi connectivity index (χ3v) is 5.01. The monoisotopic (exact) mass is 510 g/mol. The molecule has 0 saturated carbocycles. The van der Waals surface area contributed by atoms with Gasteiger partial charge in [0.2, 0.25) is 5.91 Å². The van der Waals surface area contributed by atoms with Crippen molar-refractivity contribution in [1.29, 1.82) is 0 Å². The summed E-state index contributed by atoms with van der Waals surface area (Å²) in [6.07, 6.45) is 0. The number of rotatable bonds is 9. The van der Waals surface area contributed by atoms with Crippen molar-refractivity contribution in [2.24, 2.45) is 0 Å². The maximum atomic E-state index is 12.9. The van der Waals surface area contributed by atoms with E-state index in [2.05, 4.69) is 27.9 Å². The van der Waals surface area contributed by atoms with Crippen LogP contribution < -0.4 is 14.8 Å². The van der Waals surface area contributed by atoms with Crippen molar-refractivity contribution in [3.63, 3.8) is 0 Å². The summed E-state index contributed by atoms with van der Waals surface area (Å²) in [7, 11) is 1.60. The molecule has 0 aliphatic heterocycles. The Morgan fingerprint density at radius 1 is 1.00 bits per heavy atom. The average molecular weight is 510 g/mol. The highest BCUT2D eigenvalue weighted by Crippen LogP contribution is 2.17. The van der Waals surface area contributed by atoms with E-state index in [0.717, 1.165) is 14.9 Å². The molecule has 0 radical (unpaired) electrons. The molecular weight excluding hydrogens is 483 g/mol. The second-order valence-electron chi connectivity index (χ2n) is 6.95. The van der Waals surface area contributed by atoms with Crippen molar-refractivity contribution in [3.8, 4) is 11.5 Å². The molecule has 7 heteroatoms. The number of nitrogens with zero attached hydrogens (tertiary/aromatic N) is 1. The first kappa shape index (κ1) is 23.0. The predicted octanol–water partition coefficient (Wildman–Crippen LogP) is 3.62. The molecule has 2 rings (SSSR count). The van der Waals surface area contributed by atoms with Crippen LogP contribution in [0.2, 0.25) is 0 Å². The zero-order valence-electron chi connectivity index (χ0n) is 17.1. The van der Waals surface area contributed by atoms with Crippen molar-refractivity contribution in [3.05, 3.63) is 57.7 Å². The van der Waals surface area contributed by atoms with Crippen LogP contribution in [0.4, 0.5) is 0 Å². The number of nitrogens with one attached hydrogen (secondary N) is 1. The highest BCUT2D eigenvalue weighted by atomic mass is 127. The largest absolute Gasteiger partial charge is 0.497 e. The average Bonchev–Trinajstić information content (AvgIpc) is 2.70. The molecule has 29 heavy (non-hydrogen) atoms. The van der Waals surface area contributed by atoms with Gasteiger partial charge in [0.1, 0.15) is 17.5 Å². The zero-order valence-corrected chi connectivity index (χ0v) is 19.3. The van der Waals surface area contributed by atoms with Crippen LogP contribution in [0.15, 0.2) is 48.5 Å². The van der Waals surface area contributed by atoms with Crippen LogP contribution in [0.25, 0.3) is 0 Å². The van der Waals surface area contributed by atoms with Gasteiger partial charge in [0, 0.05) is 16.2 Å². The normalized spacial score (nSPS) is 11.7. The first-order chi connectivity index (χ1) is 13.8. The third kappa shape index (κ3) is 7.23. The SMILES string of the molecule is COc1ccc(CN(C(=O)COc2ccc(I)cc2)[C@H](C)C(=O)NC(C)C)cc1. The Kier molecular flexibility index (Phi) is 8.75. The van der Waals surface area contributed by atoms with Gasteiger partial charge in [0.05, 0.1) is 7.11 Å². The summed E-state index contributed by atoms with van der Waals surface area (Å²) in [6, 6.07) is 14.2. The standard InChI is InChI=1S/C22H27IN2O4/c1-15(2)24-22(27)16(3)25(13-17-5-9-19(28-4)10-6-17)21(26)14-29-20-11-7-18(23)8-12-20/h5-12,15-16H,13-14H2,1-4H3,(H,24,27)/t16-/m1/s1. The number of carbonyl (C=O) groups excluding carboxylic acids is 2. The molecule has 0 aliphatic carbocycles. The molecule has 0 bridgehead atoms. The van der Waals surface area contributed by atoms with E-state index >= 15 is 0 Å². The highest BCUT2D eigenvalue weighted by Gasteiger charge is 2.26. The van der Waals surface area contributed by atoms with Gasteiger partial charge in [-0.2, -0.15) is 0 Å². The number of methoxy groups -OCH3 is 1. The molecule has 2 aromatic rings. The van der Waals surface area contributed by atoms with Gasteiger partial charge in [-0.05, 0) is 85.3 Å². The smallest absolute Gasteiger partial charge is 0.261 e. The van der Waals surface area contributed by atoms with Gasteiger partial charge in [-0.1, -0.05) is 12.1 Å². The molecule has 0 aromatic heterocycles. The number of hydrogen-bond acceptors (Lipinski definition) is 4. The van der Waals surface area contributed by atoms with Gasteiger partial charge in [0.25, 0.3) is 5.91 Å². The lowest BCUT2D eigenvalue weighted by Crippen LogP contribution is -2.50. The summed E-state index contributed by atoms with van der Waals surface area (Å²) < 4.78 is 11.9. The van der Waals surface area contributed by atoms with E-state index in [9.17, 15) is 9.59 Å². The molecule has 0 spiro atoms. The lowest BCUT2D eigenvalue weighted by atomic mass is 10.1. The molecule has 0 fully saturated rings. The highest BCUT2D eigenvalue weighted by molar-refractivity contribution is 14.1. The topological polar surface area (TPSA) is 67.9 Å². The number of hydrogen-bond donors (Lipinski definition) is 1. The molecular formula is C22H27IN2O4. The first-order valence-corrected chi connectivity index (χ1v) is 10.5. The Morgan fingerprint density at radius 2 is 1.59 bits per heavy atom. The van der Waals surface area contributed by atoms with Crippen LogP contribution in [0.3, 0.4) is 0 Å². The summed E-state index contributed by atoms with van der Waals surface area (Å²) >= 11 is 2.21. The third-order valence-electron chi connectivity index (χ3n) is 4.29. The van der Waals surface area contributed by atoms with Gasteiger partial charge >= 0.3 is 0 Å². The minimum Gasteiger partial charge on any atom is -0.497 e. The van der Waals surface area contributed by atoms with E-state index in [-0.39, 0.29) is 24.5 Å². The molecule has 1 N–H and O–H groups in total. The van der Waals surface area contributed by atoms with Gasteiger partial charge in [-0.25, -0.2) is 0 Å². The van der Waals surface area contributed by atoms with E-state index < -0.39 is 6.04 Å². The summed E-state index contributed by atoms with van der Waals surface area (Å²) in [6.45, 7) is 5.66. The van der Waals surface area contributed by atoms with Crippen LogP contribution in [-0.4, -0.2) is 42.5 Å². The van der Waals surface area contributed by atoms with Crippen LogP contribution >= 0.6 is 22.6 Å². The Bertz CT molecular complexity index is 807. The minimum atomic E-state index is -0.632. The van der Waals surface area contributed by atoms with Crippen molar-refractivity contribution < 1.29 is 19.1 Å². The fourth-order valence-electron chi connectivity index (χ4n) is 2.67. The molecule has 1 atom stereocenters. The van der Waals surface area contributed by atoms with E-state index in [4.69, 9.17) is 9.47 Å². The molecule has 0 heterocycles. The maximum absolute atomic E-state index is 12.9. The van der Waals surface area contributed by atoms with E-state index in [0.29, 0.717) is 12.3 Å². The number of carbonyl (C=O) groups is 2. The van der Waals surface area contributed by atoms with Crippen molar-refractivity contribution in [1.82, 2.24) is 10.2 Å². The van der Waals surface area contributed by atoms with Gasteiger partial charge < -0.3 is 19.7 Å². The minimum absolute atomic E-state index is 0.00840. The van der Waals surface area contributed by atoms with Crippen LogP contribution in [-0.2, 0) is 16.1 Å². The second kappa shape index (κ2) is 11.0. The lowest BCUT2D eigenvalue weighted by Gasteiger charge is -2.29. The predicted molar refractivity (Wildman–Crippen MR) is 121 cm³/mol. The number of ether oxygens (including phenoxy) is 2. The number of halogens is 1. The number of benzene rings is 2. The van der Waals surface area contributed by atoms with E-state index in [1.165, 1.54) is 4.90 Å². The molecule has 2 amide bonds. The van der Waals surface area contributed by atoms with Crippen LogP contribution in [0.1, 0.15) is 26.3 Å². The molecule has 6 nitrogen and oxygen atoms in total. The molecule has 156 valence electrons. The van der Waals surface area contributed by atoms with Crippen molar-refractivity contribution in [2.45, 2.75) is 39.4 Å². The van der Waals surface area contributed by atoms with Gasteiger partial charge in [-0.15, -0.1) is 0 Å². The Morgan fingerprint density at radius 3 is 2.14 bits per heavy atom. The Labute approximate surface area is 185 Å². The van der Waals surface area contributed by atoms with Crippen LogP contribution in [0, 0.1) is 3.57 Å². The summed E-state index contributed by atoms with van der Waals surface area (Å²) in [5.41, 5.74) is 0.901. The summed E-state index contributed by atoms with van der Waals surface area (Å²) in [5, 5.41) is 2.87. The molecule has 2 aromatic carbocycles. The number of amides is 2. The van der Waals surface area contributed by atoms with Gasteiger partial charge in [-0.3, -0.25) is 9.59 Å². The molecule has 0 aliphatic rings. The maximum Gasteiger partial charge on any atom is 0.261 e. The first-order valence-electron chi connectivity index (χ1n) is 9.41. The molecule has 0 unspecified atom stereocenters. The fraction of sp³-hybridized carbons (Fsp3) is 0.364. The van der Waals surface area contributed by atoms with Crippen molar-refractivity contribution >= 4 is 34.4 Å². The molecule has 0 saturated heterocycles. The van der Waals surface area contributed by atoms with Gasteiger partial charge in [0.15, 0.2) is 6.61 Å². The second-order valence-corrected chi connectivity index (χ2v) is 8.20. The quantitative estimate of drug-likeness (QED) is 0.524. The van der Waals surface area contributed by atoms with E-state index in [1.54, 1.807) is 14.0 Å². The fourth-order valence-corrected chi connectivity index (χ4v) is 3.03. The Balaban J connectivity index is 2.13. The Hall–Kier alpha value is -2.29. The van der Waals surface area contributed by atoms with E-state index in [1.807, 2.05) is 62.4 Å². The summed E-state index contributed by atoms with van der Waals surface area (Å²) in [4.78, 5) is 27.0. The van der Waals surface area contributed by atoms with Crippen LogP contribution in [0.5, 0.6) is 11.5 Å². The zero-order chi connectivity index (χ0) is 21.4. The van der Waals surface area contributed by atoms with Crippen molar-refractivity contribution in [2.75, 3.05) is 13.7 Å².